The molecule has 0 atom stereocenters. The summed E-state index contributed by atoms with van der Waals surface area (Å²) in [5.41, 5.74) is 1.21. The molecule has 0 radical (unpaired) electrons. The first-order chi connectivity index (χ1) is 6.83. The average Bonchev–Trinajstić information content (AvgIpc) is 3.01. The summed E-state index contributed by atoms with van der Waals surface area (Å²) in [6.45, 7) is 2.12. The van der Waals surface area contributed by atoms with Crippen LogP contribution in [0.5, 0.6) is 5.75 Å². The van der Waals surface area contributed by atoms with Crippen LogP contribution in [0.15, 0.2) is 12.3 Å². The zero-order valence-electron chi connectivity index (χ0n) is 8.71. The fourth-order valence-electron chi connectivity index (χ4n) is 1.43. The van der Waals surface area contributed by atoms with Crippen molar-refractivity contribution >= 4 is 5.82 Å². The van der Waals surface area contributed by atoms with Crippen molar-refractivity contribution in [3.8, 4) is 5.75 Å². The van der Waals surface area contributed by atoms with Gasteiger partial charge in [0.15, 0.2) is 0 Å². The number of rotatable bonds is 4. The lowest BCUT2D eigenvalue weighted by Crippen LogP contribution is -2.01. The van der Waals surface area contributed by atoms with Crippen molar-refractivity contribution in [2.24, 2.45) is 0 Å². The van der Waals surface area contributed by atoms with E-state index in [9.17, 15) is 0 Å². The van der Waals surface area contributed by atoms with Crippen LogP contribution < -0.4 is 10.1 Å². The number of nitrogens with zero attached hydrogens (tertiary/aromatic N) is 1. The smallest absolute Gasteiger partial charge is 0.138 e. The molecule has 1 aliphatic rings. The summed E-state index contributed by atoms with van der Waals surface area (Å²) in [5.74, 6) is 1.86. The van der Waals surface area contributed by atoms with Crippen molar-refractivity contribution in [3.05, 3.63) is 17.8 Å². The second-order valence-electron chi connectivity index (χ2n) is 3.60. The molecule has 1 fully saturated rings. The third kappa shape index (κ3) is 1.97. The van der Waals surface area contributed by atoms with Gasteiger partial charge in [0.05, 0.1) is 12.3 Å². The summed E-state index contributed by atoms with van der Waals surface area (Å²) in [5, 5.41) is 3.08. The number of hydrogen-bond donors (Lipinski definition) is 1. The van der Waals surface area contributed by atoms with Crippen LogP contribution in [0, 0.1) is 0 Å². The number of aryl methyl sites for hydroxylation is 1. The predicted molar refractivity (Wildman–Crippen MR) is 56.8 cm³/mol. The molecule has 1 aliphatic carbocycles. The van der Waals surface area contributed by atoms with E-state index in [1.165, 1.54) is 18.4 Å². The Morgan fingerprint density at radius 3 is 2.93 bits per heavy atom. The first-order valence-corrected chi connectivity index (χ1v) is 5.16. The quantitative estimate of drug-likeness (QED) is 0.794. The van der Waals surface area contributed by atoms with Gasteiger partial charge in [-0.1, -0.05) is 6.92 Å². The van der Waals surface area contributed by atoms with Crippen LogP contribution in [0.3, 0.4) is 0 Å². The fourth-order valence-corrected chi connectivity index (χ4v) is 1.43. The average molecular weight is 192 g/mol. The highest BCUT2D eigenvalue weighted by Crippen LogP contribution is 2.28. The zero-order valence-corrected chi connectivity index (χ0v) is 8.71. The van der Waals surface area contributed by atoms with Crippen molar-refractivity contribution in [3.63, 3.8) is 0 Å². The third-order valence-corrected chi connectivity index (χ3v) is 2.39. The lowest BCUT2D eigenvalue weighted by molar-refractivity contribution is 0.302. The molecule has 0 spiro atoms. The summed E-state index contributed by atoms with van der Waals surface area (Å²) in [7, 11) is 1.89. The molecule has 2 rings (SSSR count). The van der Waals surface area contributed by atoms with E-state index in [1.807, 2.05) is 7.05 Å². The maximum absolute atomic E-state index is 5.68. The molecular weight excluding hydrogens is 176 g/mol. The highest BCUT2D eigenvalue weighted by Gasteiger charge is 2.23. The molecule has 76 valence electrons. The number of aromatic nitrogens is 1. The van der Waals surface area contributed by atoms with Gasteiger partial charge in [-0.25, -0.2) is 4.98 Å². The van der Waals surface area contributed by atoms with Crippen LogP contribution in [-0.4, -0.2) is 18.1 Å². The highest BCUT2D eigenvalue weighted by atomic mass is 16.5. The van der Waals surface area contributed by atoms with Crippen LogP contribution in [0.1, 0.15) is 25.3 Å². The molecule has 0 aromatic carbocycles. The van der Waals surface area contributed by atoms with Gasteiger partial charge < -0.3 is 10.1 Å². The molecule has 0 amide bonds. The van der Waals surface area contributed by atoms with E-state index < -0.39 is 0 Å². The van der Waals surface area contributed by atoms with E-state index in [1.54, 1.807) is 6.20 Å². The SMILES string of the molecule is CCc1cc(OC2CC2)cnc1NC. The van der Waals surface area contributed by atoms with Crippen molar-refractivity contribution in [1.29, 1.82) is 0 Å². The van der Waals surface area contributed by atoms with E-state index in [0.717, 1.165) is 18.0 Å². The van der Waals surface area contributed by atoms with Gasteiger partial charge in [-0.15, -0.1) is 0 Å². The van der Waals surface area contributed by atoms with Gasteiger partial charge in [0.1, 0.15) is 11.6 Å². The van der Waals surface area contributed by atoms with E-state index >= 15 is 0 Å². The maximum Gasteiger partial charge on any atom is 0.138 e. The molecule has 0 bridgehead atoms. The van der Waals surface area contributed by atoms with Gasteiger partial charge in [-0.05, 0) is 30.9 Å². The fraction of sp³-hybridized carbons (Fsp3) is 0.545. The molecule has 3 heteroatoms. The Morgan fingerprint density at radius 2 is 2.36 bits per heavy atom. The van der Waals surface area contributed by atoms with Crippen LogP contribution >= 0.6 is 0 Å². The Kier molecular flexibility index (Phi) is 2.57. The monoisotopic (exact) mass is 192 g/mol. The van der Waals surface area contributed by atoms with Crippen molar-refractivity contribution in [2.75, 3.05) is 12.4 Å². The minimum Gasteiger partial charge on any atom is -0.489 e. The Hall–Kier alpha value is -1.25. The molecule has 1 heterocycles. The summed E-state index contributed by atoms with van der Waals surface area (Å²) >= 11 is 0. The molecular formula is C11H16N2O. The van der Waals surface area contributed by atoms with Crippen LogP contribution in [0.2, 0.25) is 0 Å². The standard InChI is InChI=1S/C11H16N2O/c1-3-8-6-10(14-9-4-5-9)7-13-11(8)12-2/h6-7,9H,3-5H2,1-2H3,(H,12,13). The minimum atomic E-state index is 0.446. The summed E-state index contributed by atoms with van der Waals surface area (Å²) in [6, 6.07) is 2.08. The number of anilines is 1. The van der Waals surface area contributed by atoms with Gasteiger partial charge in [0.2, 0.25) is 0 Å². The molecule has 1 aromatic heterocycles. The first-order valence-electron chi connectivity index (χ1n) is 5.16. The highest BCUT2D eigenvalue weighted by molar-refractivity contribution is 5.46. The largest absolute Gasteiger partial charge is 0.489 e. The van der Waals surface area contributed by atoms with Gasteiger partial charge in [0.25, 0.3) is 0 Å². The number of ether oxygens (including phenoxy) is 1. The van der Waals surface area contributed by atoms with Crippen LogP contribution in [0.4, 0.5) is 5.82 Å². The maximum atomic E-state index is 5.68. The molecule has 0 saturated heterocycles. The third-order valence-electron chi connectivity index (χ3n) is 2.39. The molecule has 0 unspecified atom stereocenters. The molecule has 1 N–H and O–H groups in total. The summed E-state index contributed by atoms with van der Waals surface area (Å²) < 4.78 is 5.68. The second kappa shape index (κ2) is 3.86. The predicted octanol–water partition coefficient (Wildman–Crippen LogP) is 2.23. The zero-order chi connectivity index (χ0) is 9.97. The Bertz CT molecular complexity index is 321. The number of hydrogen-bond acceptors (Lipinski definition) is 3. The normalized spacial score (nSPS) is 15.3. The van der Waals surface area contributed by atoms with Crippen molar-refractivity contribution in [2.45, 2.75) is 32.3 Å². The lowest BCUT2D eigenvalue weighted by Gasteiger charge is -2.09. The van der Waals surface area contributed by atoms with E-state index in [-0.39, 0.29) is 0 Å². The first kappa shape index (κ1) is 9.31. The van der Waals surface area contributed by atoms with Crippen LogP contribution in [0.25, 0.3) is 0 Å². The summed E-state index contributed by atoms with van der Waals surface area (Å²) in [6.07, 6.45) is 5.60. The Morgan fingerprint density at radius 1 is 1.57 bits per heavy atom. The summed E-state index contributed by atoms with van der Waals surface area (Å²) in [4.78, 5) is 4.31. The topological polar surface area (TPSA) is 34.1 Å². The van der Waals surface area contributed by atoms with Crippen molar-refractivity contribution < 1.29 is 4.74 Å². The van der Waals surface area contributed by atoms with Gasteiger partial charge >= 0.3 is 0 Å². The van der Waals surface area contributed by atoms with Gasteiger partial charge in [-0.3, -0.25) is 0 Å². The van der Waals surface area contributed by atoms with Gasteiger partial charge in [0, 0.05) is 7.05 Å². The Labute approximate surface area is 84.5 Å². The molecule has 14 heavy (non-hydrogen) atoms. The van der Waals surface area contributed by atoms with E-state index in [4.69, 9.17) is 4.74 Å². The lowest BCUT2D eigenvalue weighted by atomic mass is 10.2. The minimum absolute atomic E-state index is 0.446. The number of pyridine rings is 1. The van der Waals surface area contributed by atoms with Crippen LogP contribution in [-0.2, 0) is 6.42 Å². The molecule has 1 aromatic rings. The van der Waals surface area contributed by atoms with Gasteiger partial charge in [-0.2, -0.15) is 0 Å². The van der Waals surface area contributed by atoms with E-state index in [0.29, 0.717) is 6.10 Å². The number of nitrogens with one attached hydrogen (secondary N) is 1. The van der Waals surface area contributed by atoms with E-state index in [2.05, 4.69) is 23.3 Å². The Balaban J connectivity index is 2.16. The molecule has 3 nitrogen and oxygen atoms in total. The molecule has 1 saturated carbocycles. The van der Waals surface area contributed by atoms with Crippen molar-refractivity contribution in [1.82, 2.24) is 4.98 Å². The second-order valence-corrected chi connectivity index (χ2v) is 3.60. The molecule has 0 aliphatic heterocycles.